The summed E-state index contributed by atoms with van der Waals surface area (Å²) in [5, 5.41) is 13.0. The lowest BCUT2D eigenvalue weighted by atomic mass is 9.98. The Bertz CT molecular complexity index is 1410. The fraction of sp³-hybridized carbons (Fsp3) is 0.143. The first kappa shape index (κ1) is 22.3. The molecule has 2 aromatic heterocycles. The summed E-state index contributed by atoms with van der Waals surface area (Å²) in [5.74, 6) is 0.574. The molecule has 4 aromatic rings. The fourth-order valence-electron chi connectivity index (χ4n) is 4.37. The van der Waals surface area contributed by atoms with E-state index in [-0.39, 0.29) is 23.2 Å². The predicted molar refractivity (Wildman–Crippen MR) is 136 cm³/mol. The molecule has 35 heavy (non-hydrogen) atoms. The number of carbonyl (C=O) groups is 1. The fourth-order valence-corrected chi connectivity index (χ4v) is 4.37. The van der Waals surface area contributed by atoms with Crippen LogP contribution in [0.2, 0.25) is 0 Å². The van der Waals surface area contributed by atoms with E-state index in [1.807, 2.05) is 42.5 Å². The molecule has 0 aliphatic carbocycles. The number of aromatic nitrogens is 2. The molecule has 5 rings (SSSR count). The van der Waals surface area contributed by atoms with Gasteiger partial charge in [0, 0.05) is 43.0 Å². The largest absolute Gasteiger partial charge is 0.383 e. The van der Waals surface area contributed by atoms with Crippen molar-refractivity contribution in [3.05, 3.63) is 107 Å². The first-order valence-electron chi connectivity index (χ1n) is 11.4. The van der Waals surface area contributed by atoms with Crippen LogP contribution in [0.5, 0.6) is 0 Å². The Hall–Kier alpha value is -4.54. The summed E-state index contributed by atoms with van der Waals surface area (Å²) in [6.45, 7) is 2.35. The van der Waals surface area contributed by atoms with Crippen LogP contribution in [0.4, 0.5) is 11.6 Å². The van der Waals surface area contributed by atoms with Crippen LogP contribution < -0.4 is 16.0 Å². The van der Waals surface area contributed by atoms with E-state index in [9.17, 15) is 10.1 Å². The molecule has 1 unspecified atom stereocenters. The maximum Gasteiger partial charge on any atom is 0.215 e. The zero-order valence-corrected chi connectivity index (χ0v) is 19.1. The lowest BCUT2D eigenvalue weighted by Gasteiger charge is -2.35. The molecule has 3 heterocycles. The molecule has 0 amide bonds. The molecule has 1 aliphatic heterocycles. The molecule has 1 fully saturated rings. The summed E-state index contributed by atoms with van der Waals surface area (Å²) >= 11 is 0. The number of nitrogens with two attached hydrogens (primary N) is 1. The molecular weight excluding hydrogens is 436 g/mol. The van der Waals surface area contributed by atoms with Crippen LogP contribution in [-0.4, -0.2) is 35.4 Å². The van der Waals surface area contributed by atoms with Gasteiger partial charge in [0.1, 0.15) is 17.3 Å². The molecule has 7 heteroatoms. The third-order valence-corrected chi connectivity index (χ3v) is 6.19. The normalized spacial score (nSPS) is 15.4. The number of benzene rings is 2. The SMILES string of the molecule is N#Cc1ccccc1-c1cnc(N)c(C(=O)c2cccc(N3CCNC(c4ccccc4)C3)n2)c1. The van der Waals surface area contributed by atoms with Gasteiger partial charge in [0.15, 0.2) is 0 Å². The van der Waals surface area contributed by atoms with Crippen LogP contribution >= 0.6 is 0 Å². The van der Waals surface area contributed by atoms with Crippen molar-refractivity contribution in [1.82, 2.24) is 15.3 Å². The van der Waals surface area contributed by atoms with Crippen LogP contribution in [0.15, 0.2) is 85.1 Å². The van der Waals surface area contributed by atoms with Gasteiger partial charge in [0.25, 0.3) is 0 Å². The van der Waals surface area contributed by atoms with Crippen molar-refractivity contribution in [3.8, 4) is 17.2 Å². The standard InChI is InChI=1S/C28H24N6O/c29-16-20-9-4-5-10-22(20)21-15-23(28(30)32-17-21)27(35)24-11-6-12-26(33-24)34-14-13-31-25(18-34)19-7-2-1-3-8-19/h1-12,15,17,25,31H,13-14,18H2,(H2,30,32). The van der Waals surface area contributed by atoms with Gasteiger partial charge in [0.2, 0.25) is 5.78 Å². The molecule has 1 saturated heterocycles. The minimum absolute atomic E-state index is 0.131. The quantitative estimate of drug-likeness (QED) is 0.434. The number of piperazine rings is 1. The van der Waals surface area contributed by atoms with Gasteiger partial charge >= 0.3 is 0 Å². The van der Waals surface area contributed by atoms with E-state index in [1.54, 1.807) is 30.5 Å². The molecule has 1 aliphatic rings. The zero-order chi connectivity index (χ0) is 24.2. The number of nitrogens with one attached hydrogen (secondary N) is 1. The number of nitriles is 1. The number of nitrogens with zero attached hydrogens (tertiary/aromatic N) is 4. The Morgan fingerprint density at radius 1 is 1.06 bits per heavy atom. The van der Waals surface area contributed by atoms with Crippen LogP contribution in [-0.2, 0) is 0 Å². The molecular formula is C28H24N6O. The van der Waals surface area contributed by atoms with Crippen molar-refractivity contribution in [1.29, 1.82) is 5.26 Å². The highest BCUT2D eigenvalue weighted by atomic mass is 16.1. The Kier molecular flexibility index (Phi) is 6.20. The molecule has 0 spiro atoms. The van der Waals surface area contributed by atoms with Crippen molar-refractivity contribution in [2.45, 2.75) is 6.04 Å². The first-order valence-corrected chi connectivity index (χ1v) is 11.4. The second-order valence-electron chi connectivity index (χ2n) is 8.39. The number of hydrogen-bond acceptors (Lipinski definition) is 7. The van der Waals surface area contributed by atoms with E-state index < -0.39 is 0 Å². The minimum atomic E-state index is -0.303. The molecule has 0 saturated carbocycles. The van der Waals surface area contributed by atoms with Crippen molar-refractivity contribution in [3.63, 3.8) is 0 Å². The van der Waals surface area contributed by atoms with Crippen molar-refractivity contribution in [2.24, 2.45) is 0 Å². The molecule has 172 valence electrons. The number of anilines is 2. The van der Waals surface area contributed by atoms with Crippen LogP contribution in [0.3, 0.4) is 0 Å². The van der Waals surface area contributed by atoms with E-state index in [0.29, 0.717) is 22.4 Å². The summed E-state index contributed by atoms with van der Waals surface area (Å²) < 4.78 is 0. The maximum atomic E-state index is 13.4. The van der Waals surface area contributed by atoms with Gasteiger partial charge in [-0.15, -0.1) is 0 Å². The van der Waals surface area contributed by atoms with Crippen LogP contribution in [0.1, 0.15) is 33.2 Å². The molecule has 7 nitrogen and oxygen atoms in total. The maximum absolute atomic E-state index is 13.4. The topological polar surface area (TPSA) is 108 Å². The highest BCUT2D eigenvalue weighted by molar-refractivity contribution is 6.11. The smallest absolute Gasteiger partial charge is 0.215 e. The number of ketones is 1. The lowest BCUT2D eigenvalue weighted by molar-refractivity contribution is 0.103. The Labute approximate surface area is 203 Å². The number of pyridine rings is 2. The molecule has 0 radical (unpaired) electrons. The number of rotatable bonds is 5. The Balaban J connectivity index is 1.43. The van der Waals surface area contributed by atoms with E-state index >= 15 is 0 Å². The van der Waals surface area contributed by atoms with E-state index in [0.717, 1.165) is 25.5 Å². The van der Waals surface area contributed by atoms with Gasteiger partial charge in [0.05, 0.1) is 17.2 Å². The highest BCUT2D eigenvalue weighted by Crippen LogP contribution is 2.27. The number of nitrogen functional groups attached to an aromatic ring is 1. The third-order valence-electron chi connectivity index (χ3n) is 6.19. The first-order chi connectivity index (χ1) is 17.1. The van der Waals surface area contributed by atoms with Gasteiger partial charge in [-0.2, -0.15) is 5.26 Å². The molecule has 3 N–H and O–H groups in total. The number of carbonyl (C=O) groups excluding carboxylic acids is 1. The average Bonchev–Trinajstić information content (AvgIpc) is 2.93. The summed E-state index contributed by atoms with van der Waals surface area (Å²) in [4.78, 5) is 24.6. The Morgan fingerprint density at radius 3 is 2.69 bits per heavy atom. The third kappa shape index (κ3) is 4.60. The highest BCUT2D eigenvalue weighted by Gasteiger charge is 2.23. The monoisotopic (exact) mass is 460 g/mol. The zero-order valence-electron chi connectivity index (χ0n) is 19.1. The molecule has 0 bridgehead atoms. The van der Waals surface area contributed by atoms with E-state index in [4.69, 9.17) is 10.7 Å². The van der Waals surface area contributed by atoms with Crippen LogP contribution in [0, 0.1) is 11.3 Å². The average molecular weight is 461 g/mol. The molecule has 2 aromatic carbocycles. The van der Waals surface area contributed by atoms with Gasteiger partial charge in [-0.05, 0) is 29.8 Å². The summed E-state index contributed by atoms with van der Waals surface area (Å²) in [6, 6.07) is 27.0. The van der Waals surface area contributed by atoms with Crippen molar-refractivity contribution < 1.29 is 4.79 Å². The van der Waals surface area contributed by atoms with Gasteiger partial charge in [-0.25, -0.2) is 9.97 Å². The van der Waals surface area contributed by atoms with Crippen molar-refractivity contribution in [2.75, 3.05) is 30.3 Å². The van der Waals surface area contributed by atoms with Gasteiger partial charge < -0.3 is 16.0 Å². The summed E-state index contributed by atoms with van der Waals surface area (Å²) in [7, 11) is 0. The Morgan fingerprint density at radius 2 is 1.86 bits per heavy atom. The van der Waals surface area contributed by atoms with Gasteiger partial charge in [-0.3, -0.25) is 4.79 Å². The van der Waals surface area contributed by atoms with Gasteiger partial charge in [-0.1, -0.05) is 54.6 Å². The minimum Gasteiger partial charge on any atom is -0.383 e. The van der Waals surface area contributed by atoms with Crippen molar-refractivity contribution >= 4 is 17.4 Å². The summed E-state index contributed by atoms with van der Waals surface area (Å²) in [6.07, 6.45) is 1.58. The van der Waals surface area contributed by atoms with E-state index in [1.165, 1.54) is 5.56 Å². The predicted octanol–water partition coefficient (Wildman–Crippen LogP) is 3.98. The van der Waals surface area contributed by atoms with Crippen LogP contribution in [0.25, 0.3) is 11.1 Å². The van der Waals surface area contributed by atoms with E-state index in [2.05, 4.69) is 33.4 Å². The summed E-state index contributed by atoms with van der Waals surface area (Å²) in [5.41, 5.74) is 9.75. The second kappa shape index (κ2) is 9.75. The lowest BCUT2D eigenvalue weighted by Crippen LogP contribution is -2.46. The molecule has 1 atom stereocenters. The second-order valence-corrected chi connectivity index (χ2v) is 8.39. The number of hydrogen-bond donors (Lipinski definition) is 2.